The number of aliphatic carboxylic acids is 1. The zero-order valence-corrected chi connectivity index (χ0v) is 9.71. The molecule has 0 spiro atoms. The Bertz CT molecular complexity index is 418. The van der Waals surface area contributed by atoms with Crippen LogP contribution in [0, 0.1) is 0 Å². The van der Waals surface area contributed by atoms with E-state index in [1.54, 1.807) is 25.3 Å². The second-order valence-corrected chi connectivity index (χ2v) is 4.12. The van der Waals surface area contributed by atoms with Crippen LogP contribution < -0.4 is 10.5 Å². The molecule has 86 valence electrons. The van der Waals surface area contributed by atoms with Gasteiger partial charge < -0.3 is 15.6 Å². The second-order valence-electron chi connectivity index (χ2n) is 3.10. The van der Waals surface area contributed by atoms with Crippen molar-refractivity contribution < 1.29 is 14.6 Å². The van der Waals surface area contributed by atoms with Crippen LogP contribution in [0.15, 0.2) is 35.2 Å². The average Bonchev–Trinajstić information content (AvgIpc) is 2.27. The predicted molar refractivity (Wildman–Crippen MR) is 64.9 cm³/mol. The van der Waals surface area contributed by atoms with Crippen molar-refractivity contribution in [3.8, 4) is 5.75 Å². The first kappa shape index (κ1) is 12.4. The van der Waals surface area contributed by atoms with Crippen molar-refractivity contribution >= 4 is 23.4 Å². The van der Waals surface area contributed by atoms with E-state index in [2.05, 4.69) is 6.58 Å². The molecule has 1 rings (SSSR count). The molecule has 0 saturated heterocycles. The first-order chi connectivity index (χ1) is 7.54. The molecular weight excluding hydrogens is 226 g/mol. The zero-order chi connectivity index (χ0) is 12.1. The quantitative estimate of drug-likeness (QED) is 0.467. The lowest BCUT2D eigenvalue weighted by atomic mass is 10.3. The molecule has 3 N–H and O–H groups in total. The molecule has 1 aromatic rings. The summed E-state index contributed by atoms with van der Waals surface area (Å²) < 4.78 is 5.06. The molecule has 0 amide bonds. The van der Waals surface area contributed by atoms with E-state index in [1.165, 1.54) is 11.8 Å². The predicted octanol–water partition coefficient (Wildman–Crippen LogP) is 2.01. The molecule has 0 unspecified atom stereocenters. The zero-order valence-electron chi connectivity index (χ0n) is 8.90. The Morgan fingerprint density at radius 1 is 1.62 bits per heavy atom. The Labute approximate surface area is 98.1 Å². The molecule has 5 heteroatoms. The van der Waals surface area contributed by atoms with Crippen LogP contribution in [-0.2, 0) is 4.79 Å². The summed E-state index contributed by atoms with van der Waals surface area (Å²) in [5.74, 6) is -0.00113. The summed E-state index contributed by atoms with van der Waals surface area (Å²) in [6.45, 7) is 3.45. The topological polar surface area (TPSA) is 72.5 Å². The molecule has 0 bridgehead atoms. The van der Waals surface area contributed by atoms with Crippen molar-refractivity contribution in [1.29, 1.82) is 0 Å². The molecule has 0 radical (unpaired) electrons. The number of nitrogen functional groups attached to an aromatic ring is 1. The number of ether oxygens (including phenoxy) is 1. The SMILES string of the molecule is C=C(CSc1cc(OC)ccc1N)C(=O)O. The Morgan fingerprint density at radius 2 is 2.31 bits per heavy atom. The van der Waals surface area contributed by atoms with Crippen LogP contribution >= 0.6 is 11.8 Å². The fourth-order valence-corrected chi connectivity index (χ4v) is 1.88. The maximum Gasteiger partial charge on any atom is 0.331 e. The summed E-state index contributed by atoms with van der Waals surface area (Å²) in [5.41, 5.74) is 6.50. The molecule has 0 heterocycles. The number of nitrogens with two attached hydrogens (primary N) is 1. The lowest BCUT2D eigenvalue weighted by molar-refractivity contribution is -0.132. The maximum atomic E-state index is 10.6. The van der Waals surface area contributed by atoms with Gasteiger partial charge >= 0.3 is 5.97 Å². The minimum atomic E-state index is -0.992. The summed E-state index contributed by atoms with van der Waals surface area (Å²) in [5, 5.41) is 8.66. The number of methoxy groups -OCH3 is 1. The van der Waals surface area contributed by atoms with E-state index < -0.39 is 5.97 Å². The normalized spacial score (nSPS) is 9.81. The highest BCUT2D eigenvalue weighted by atomic mass is 32.2. The highest BCUT2D eigenvalue weighted by Crippen LogP contribution is 2.30. The van der Waals surface area contributed by atoms with E-state index in [0.29, 0.717) is 17.2 Å². The van der Waals surface area contributed by atoms with Crippen LogP contribution in [0.1, 0.15) is 0 Å². The number of carboxylic acids is 1. The average molecular weight is 239 g/mol. The van der Waals surface area contributed by atoms with Gasteiger partial charge in [0.05, 0.1) is 7.11 Å². The Hall–Kier alpha value is -1.62. The summed E-state index contributed by atoms with van der Waals surface area (Å²) in [4.78, 5) is 11.4. The fraction of sp³-hybridized carbons (Fsp3) is 0.182. The van der Waals surface area contributed by atoms with Crippen molar-refractivity contribution in [1.82, 2.24) is 0 Å². The van der Waals surface area contributed by atoms with Crippen molar-refractivity contribution in [2.24, 2.45) is 0 Å². The molecule has 4 nitrogen and oxygen atoms in total. The van der Waals surface area contributed by atoms with Gasteiger partial charge in [-0.05, 0) is 18.2 Å². The number of benzene rings is 1. The van der Waals surface area contributed by atoms with E-state index >= 15 is 0 Å². The van der Waals surface area contributed by atoms with Gasteiger partial charge in [0.15, 0.2) is 0 Å². The second kappa shape index (κ2) is 5.46. The van der Waals surface area contributed by atoms with Gasteiger partial charge in [0, 0.05) is 21.9 Å². The van der Waals surface area contributed by atoms with Crippen molar-refractivity contribution in [2.75, 3.05) is 18.6 Å². The maximum absolute atomic E-state index is 10.6. The molecular formula is C11H13NO3S. The molecule has 0 aliphatic rings. The van der Waals surface area contributed by atoms with Crippen LogP contribution in [0.5, 0.6) is 5.75 Å². The largest absolute Gasteiger partial charge is 0.497 e. The molecule has 16 heavy (non-hydrogen) atoms. The smallest absolute Gasteiger partial charge is 0.331 e. The van der Waals surface area contributed by atoms with E-state index in [4.69, 9.17) is 15.6 Å². The van der Waals surface area contributed by atoms with Crippen LogP contribution in [0.25, 0.3) is 0 Å². The summed E-state index contributed by atoms with van der Waals surface area (Å²) in [6.07, 6.45) is 0. The van der Waals surface area contributed by atoms with Crippen molar-refractivity contribution in [2.45, 2.75) is 4.90 Å². The molecule has 0 atom stereocenters. The van der Waals surface area contributed by atoms with Crippen molar-refractivity contribution in [3.05, 3.63) is 30.4 Å². The van der Waals surface area contributed by atoms with E-state index in [9.17, 15) is 4.79 Å². The fourth-order valence-electron chi connectivity index (χ4n) is 0.993. The minimum Gasteiger partial charge on any atom is -0.497 e. The summed E-state index contributed by atoms with van der Waals surface area (Å²) in [6, 6.07) is 5.26. The number of thioether (sulfide) groups is 1. The van der Waals surface area contributed by atoms with Gasteiger partial charge in [0.25, 0.3) is 0 Å². The van der Waals surface area contributed by atoms with E-state index in [-0.39, 0.29) is 5.57 Å². The van der Waals surface area contributed by atoms with Gasteiger partial charge in [-0.3, -0.25) is 0 Å². The molecule has 0 fully saturated rings. The lowest BCUT2D eigenvalue weighted by Gasteiger charge is -2.07. The highest BCUT2D eigenvalue weighted by Gasteiger charge is 2.07. The number of carbonyl (C=O) groups is 1. The number of rotatable bonds is 5. The van der Waals surface area contributed by atoms with Gasteiger partial charge in [-0.25, -0.2) is 4.79 Å². The standard InChI is InChI=1S/C11H13NO3S/c1-7(11(13)14)6-16-10-5-8(15-2)3-4-9(10)12/h3-5H,1,6,12H2,2H3,(H,13,14). The monoisotopic (exact) mass is 239 g/mol. The van der Waals surface area contributed by atoms with Crippen LogP contribution in [0.4, 0.5) is 5.69 Å². The Balaban J connectivity index is 2.73. The molecule has 0 aromatic heterocycles. The third-order valence-electron chi connectivity index (χ3n) is 1.93. The lowest BCUT2D eigenvalue weighted by Crippen LogP contribution is -2.01. The summed E-state index contributed by atoms with van der Waals surface area (Å²) in [7, 11) is 1.57. The van der Waals surface area contributed by atoms with Crippen LogP contribution in [-0.4, -0.2) is 23.9 Å². The van der Waals surface area contributed by atoms with Gasteiger partial charge in [0.1, 0.15) is 5.75 Å². The first-order valence-electron chi connectivity index (χ1n) is 4.52. The van der Waals surface area contributed by atoms with Crippen LogP contribution in [0.3, 0.4) is 0 Å². The minimum absolute atomic E-state index is 0.146. The number of hydrogen-bond acceptors (Lipinski definition) is 4. The number of anilines is 1. The Morgan fingerprint density at radius 3 is 2.88 bits per heavy atom. The van der Waals surface area contributed by atoms with E-state index in [0.717, 1.165) is 4.90 Å². The van der Waals surface area contributed by atoms with Gasteiger partial charge in [-0.1, -0.05) is 6.58 Å². The van der Waals surface area contributed by atoms with Gasteiger partial charge in [-0.15, -0.1) is 11.8 Å². The Kier molecular flexibility index (Phi) is 4.25. The van der Waals surface area contributed by atoms with Gasteiger partial charge in [0.2, 0.25) is 0 Å². The third-order valence-corrected chi connectivity index (χ3v) is 3.08. The third kappa shape index (κ3) is 3.20. The van der Waals surface area contributed by atoms with Crippen LogP contribution in [0.2, 0.25) is 0 Å². The molecule has 0 saturated carbocycles. The summed E-state index contributed by atoms with van der Waals surface area (Å²) >= 11 is 1.33. The number of carboxylic acid groups (broad SMARTS) is 1. The molecule has 0 aliphatic heterocycles. The van der Waals surface area contributed by atoms with E-state index in [1.807, 2.05) is 0 Å². The van der Waals surface area contributed by atoms with Crippen molar-refractivity contribution in [3.63, 3.8) is 0 Å². The highest BCUT2D eigenvalue weighted by molar-refractivity contribution is 7.99. The molecule has 1 aromatic carbocycles. The molecule has 0 aliphatic carbocycles. The van der Waals surface area contributed by atoms with Gasteiger partial charge in [-0.2, -0.15) is 0 Å². The number of hydrogen-bond donors (Lipinski definition) is 2. The first-order valence-corrected chi connectivity index (χ1v) is 5.50.